The maximum atomic E-state index is 6.25. The lowest BCUT2D eigenvalue weighted by Crippen LogP contribution is -2.41. The van der Waals surface area contributed by atoms with Gasteiger partial charge in [0.1, 0.15) is 12.0 Å². The van der Waals surface area contributed by atoms with Crippen LogP contribution in [0.15, 0.2) is 54.6 Å². The number of ether oxygens (including phenoxy) is 2. The number of nitrogens with zero attached hydrogens (tertiary/aromatic N) is 1. The Morgan fingerprint density at radius 3 is 2.70 bits per heavy atom. The Morgan fingerprint density at radius 2 is 1.87 bits per heavy atom. The average Bonchev–Trinajstić information content (AvgIpc) is 3.06. The summed E-state index contributed by atoms with van der Waals surface area (Å²) < 4.78 is 11.6. The van der Waals surface area contributed by atoms with Gasteiger partial charge in [-0.2, -0.15) is 0 Å². The van der Waals surface area contributed by atoms with Gasteiger partial charge in [-0.1, -0.05) is 42.5 Å². The smallest absolute Gasteiger partial charge is 0.119 e. The molecule has 2 aliphatic heterocycles. The zero-order chi connectivity index (χ0) is 15.6. The van der Waals surface area contributed by atoms with E-state index in [1.165, 1.54) is 24.0 Å². The van der Waals surface area contributed by atoms with Crippen molar-refractivity contribution >= 4 is 0 Å². The number of methoxy groups -OCH3 is 1. The van der Waals surface area contributed by atoms with Gasteiger partial charge in [0.05, 0.1) is 19.8 Å². The van der Waals surface area contributed by atoms with Crippen LogP contribution < -0.4 is 4.74 Å². The molecule has 4 rings (SSSR count). The molecule has 0 N–H and O–H groups in total. The zero-order valence-corrected chi connectivity index (χ0v) is 13.5. The summed E-state index contributed by atoms with van der Waals surface area (Å²) in [6.45, 7) is 1.90. The Morgan fingerprint density at radius 1 is 1.04 bits per heavy atom. The van der Waals surface area contributed by atoms with Gasteiger partial charge in [-0.15, -0.1) is 0 Å². The third-order valence-corrected chi connectivity index (χ3v) is 5.13. The van der Waals surface area contributed by atoms with E-state index in [1.54, 1.807) is 7.11 Å². The Bertz CT molecular complexity index is 658. The fourth-order valence-electron chi connectivity index (χ4n) is 3.99. The average molecular weight is 309 g/mol. The minimum Gasteiger partial charge on any atom is -0.497 e. The Balaban J connectivity index is 1.60. The summed E-state index contributed by atoms with van der Waals surface area (Å²) in [5, 5.41) is 0. The number of benzene rings is 2. The van der Waals surface area contributed by atoms with Crippen molar-refractivity contribution in [1.29, 1.82) is 0 Å². The molecule has 0 amide bonds. The number of hydrogen-bond donors (Lipinski definition) is 0. The van der Waals surface area contributed by atoms with E-state index in [-0.39, 0.29) is 6.23 Å². The largest absolute Gasteiger partial charge is 0.497 e. The predicted octanol–water partition coefficient (Wildman–Crippen LogP) is 3.97. The van der Waals surface area contributed by atoms with Crippen LogP contribution in [0.25, 0.3) is 0 Å². The van der Waals surface area contributed by atoms with E-state index in [9.17, 15) is 0 Å². The summed E-state index contributed by atoms with van der Waals surface area (Å²) in [4.78, 5) is 2.54. The first-order valence-corrected chi connectivity index (χ1v) is 8.43. The van der Waals surface area contributed by atoms with Crippen LogP contribution in [0.2, 0.25) is 0 Å². The molecule has 2 fully saturated rings. The second-order valence-corrected chi connectivity index (χ2v) is 6.41. The van der Waals surface area contributed by atoms with Gasteiger partial charge < -0.3 is 9.47 Å². The summed E-state index contributed by atoms with van der Waals surface area (Å²) in [7, 11) is 1.73. The van der Waals surface area contributed by atoms with Crippen LogP contribution in [0.5, 0.6) is 5.75 Å². The van der Waals surface area contributed by atoms with Crippen molar-refractivity contribution in [2.75, 3.05) is 20.3 Å². The molecule has 0 bridgehead atoms. The lowest BCUT2D eigenvalue weighted by molar-refractivity contribution is -0.0141. The molecular weight excluding hydrogens is 286 g/mol. The predicted molar refractivity (Wildman–Crippen MR) is 90.6 cm³/mol. The number of piperidine rings is 1. The van der Waals surface area contributed by atoms with Gasteiger partial charge in [-0.3, -0.25) is 4.90 Å². The van der Waals surface area contributed by atoms with Gasteiger partial charge in [0, 0.05) is 12.5 Å². The summed E-state index contributed by atoms with van der Waals surface area (Å²) >= 11 is 0. The van der Waals surface area contributed by atoms with Crippen molar-refractivity contribution in [3.8, 4) is 5.75 Å². The van der Waals surface area contributed by atoms with Crippen molar-refractivity contribution < 1.29 is 9.47 Å². The second-order valence-electron chi connectivity index (χ2n) is 6.41. The van der Waals surface area contributed by atoms with E-state index in [2.05, 4.69) is 53.4 Å². The van der Waals surface area contributed by atoms with E-state index >= 15 is 0 Å². The number of hydrogen-bond acceptors (Lipinski definition) is 3. The first-order chi connectivity index (χ1) is 11.4. The summed E-state index contributed by atoms with van der Waals surface area (Å²) in [5.41, 5.74) is 2.69. The van der Waals surface area contributed by atoms with Crippen LogP contribution >= 0.6 is 0 Å². The molecule has 0 aliphatic carbocycles. The fraction of sp³-hybridized carbons (Fsp3) is 0.400. The molecule has 0 radical (unpaired) electrons. The highest BCUT2D eigenvalue weighted by Crippen LogP contribution is 2.42. The summed E-state index contributed by atoms with van der Waals surface area (Å²) in [5.74, 6) is 1.35. The third kappa shape index (κ3) is 2.75. The maximum absolute atomic E-state index is 6.25. The molecule has 2 saturated heterocycles. The van der Waals surface area contributed by atoms with E-state index in [4.69, 9.17) is 9.47 Å². The van der Waals surface area contributed by atoms with Crippen LogP contribution in [0, 0.1) is 0 Å². The molecule has 3 nitrogen and oxygen atoms in total. The lowest BCUT2D eigenvalue weighted by atomic mass is 9.88. The topological polar surface area (TPSA) is 21.7 Å². The highest BCUT2D eigenvalue weighted by atomic mass is 16.5. The molecular formula is C20H23NO2. The first-order valence-electron chi connectivity index (χ1n) is 8.43. The van der Waals surface area contributed by atoms with E-state index in [0.717, 1.165) is 18.9 Å². The quantitative estimate of drug-likeness (QED) is 0.856. The van der Waals surface area contributed by atoms with Crippen LogP contribution in [0.3, 0.4) is 0 Å². The molecule has 2 aliphatic rings. The van der Waals surface area contributed by atoms with Gasteiger partial charge in [0.25, 0.3) is 0 Å². The number of rotatable bonds is 3. The second kappa shape index (κ2) is 6.34. The molecule has 23 heavy (non-hydrogen) atoms. The molecule has 0 aromatic heterocycles. The molecule has 3 atom stereocenters. The van der Waals surface area contributed by atoms with Crippen molar-refractivity contribution in [2.24, 2.45) is 0 Å². The molecule has 3 heteroatoms. The van der Waals surface area contributed by atoms with Crippen LogP contribution in [-0.2, 0) is 4.74 Å². The zero-order valence-electron chi connectivity index (χ0n) is 13.5. The van der Waals surface area contributed by atoms with E-state index < -0.39 is 0 Å². The molecule has 2 aromatic rings. The Labute approximate surface area is 137 Å². The summed E-state index contributed by atoms with van der Waals surface area (Å²) in [6.07, 6.45) is 2.57. The monoisotopic (exact) mass is 309 g/mol. The van der Waals surface area contributed by atoms with Gasteiger partial charge in [-0.25, -0.2) is 0 Å². The van der Waals surface area contributed by atoms with Gasteiger partial charge >= 0.3 is 0 Å². The Kier molecular flexibility index (Phi) is 4.06. The van der Waals surface area contributed by atoms with Crippen molar-refractivity contribution in [3.63, 3.8) is 0 Å². The lowest BCUT2D eigenvalue weighted by Gasteiger charge is -2.38. The first kappa shape index (κ1) is 14.7. The van der Waals surface area contributed by atoms with Gasteiger partial charge in [0.2, 0.25) is 0 Å². The number of fused-ring (bicyclic) bond motifs is 1. The highest BCUT2D eigenvalue weighted by Gasteiger charge is 2.42. The van der Waals surface area contributed by atoms with Crippen molar-refractivity contribution in [2.45, 2.75) is 31.0 Å². The van der Waals surface area contributed by atoms with Gasteiger partial charge in [0.15, 0.2) is 0 Å². The maximum Gasteiger partial charge on any atom is 0.119 e. The minimum atomic E-state index is 0.182. The molecule has 120 valence electrons. The normalized spacial score (nSPS) is 27.6. The molecule has 2 aromatic carbocycles. The Hall–Kier alpha value is -1.84. The van der Waals surface area contributed by atoms with Crippen LogP contribution in [-0.4, -0.2) is 31.4 Å². The fourth-order valence-corrected chi connectivity index (χ4v) is 3.99. The van der Waals surface area contributed by atoms with Gasteiger partial charge in [-0.05, 0) is 36.1 Å². The van der Waals surface area contributed by atoms with E-state index in [0.29, 0.717) is 12.0 Å². The molecule has 0 spiro atoms. The van der Waals surface area contributed by atoms with Crippen LogP contribution in [0.1, 0.15) is 35.9 Å². The highest BCUT2D eigenvalue weighted by molar-refractivity contribution is 5.32. The van der Waals surface area contributed by atoms with Crippen LogP contribution in [0.4, 0.5) is 0 Å². The molecule has 0 unspecified atom stereocenters. The summed E-state index contributed by atoms with van der Waals surface area (Å²) in [6, 6.07) is 19.6. The van der Waals surface area contributed by atoms with Crippen molar-refractivity contribution in [1.82, 2.24) is 4.90 Å². The SMILES string of the molecule is COc1cccc([C@H]2CCCN3[C@@H]2OC[C@H]3c2ccccc2)c1. The molecule has 2 heterocycles. The third-order valence-electron chi connectivity index (χ3n) is 5.13. The molecule has 0 saturated carbocycles. The van der Waals surface area contributed by atoms with E-state index in [1.807, 2.05) is 6.07 Å². The van der Waals surface area contributed by atoms with Crippen molar-refractivity contribution in [3.05, 3.63) is 65.7 Å². The standard InChI is InChI=1S/C20H23NO2/c1-22-17-10-5-9-16(13-17)18-11-6-12-21-19(14-23-20(18)21)15-7-3-2-4-8-15/h2-5,7-10,13,18-20H,6,11-12,14H2,1H3/t18-,19+,20-/m1/s1. The minimum absolute atomic E-state index is 0.182.